The van der Waals surface area contributed by atoms with Gasteiger partial charge in [-0.2, -0.15) is 0 Å². The van der Waals surface area contributed by atoms with Crippen molar-refractivity contribution in [2.75, 3.05) is 19.1 Å². The molecule has 10 heteroatoms. The minimum Gasteiger partial charge on any atom is -0.497 e. The summed E-state index contributed by atoms with van der Waals surface area (Å²) < 4.78 is 17.0. The number of benzene rings is 3. The average Bonchev–Trinajstić information content (AvgIpc) is 3.46. The lowest BCUT2D eigenvalue weighted by molar-refractivity contribution is -0.122. The Bertz CT molecular complexity index is 1660. The van der Waals surface area contributed by atoms with Crippen molar-refractivity contribution < 1.29 is 23.8 Å². The van der Waals surface area contributed by atoms with Crippen LogP contribution in [0.1, 0.15) is 27.5 Å². The van der Waals surface area contributed by atoms with Crippen LogP contribution in [0.2, 0.25) is 0 Å². The number of hydrogen-bond acceptors (Lipinski definition) is 8. The van der Waals surface area contributed by atoms with Crippen LogP contribution in [-0.2, 0) is 16.2 Å². The van der Waals surface area contributed by atoms with Crippen molar-refractivity contribution in [2.24, 2.45) is 5.92 Å². The number of nitrogens with zero attached hydrogens (tertiary/aromatic N) is 1. The fourth-order valence-corrected chi connectivity index (χ4v) is 7.80. The van der Waals surface area contributed by atoms with Gasteiger partial charge in [-0.1, -0.05) is 53.4 Å². The van der Waals surface area contributed by atoms with E-state index in [1.165, 1.54) is 16.7 Å². The first-order chi connectivity index (χ1) is 19.4. The Morgan fingerprint density at radius 2 is 1.68 bits per heavy atom. The predicted octanol–water partition coefficient (Wildman–Crippen LogP) is 5.14. The van der Waals surface area contributed by atoms with Gasteiger partial charge in [-0.15, -0.1) is 0 Å². The molecule has 2 aliphatic rings. The number of aryl methyl sites for hydroxylation is 1. The summed E-state index contributed by atoms with van der Waals surface area (Å²) in [7, 11) is 3.12. The molecule has 0 unspecified atom stereocenters. The van der Waals surface area contributed by atoms with Gasteiger partial charge >= 0.3 is 4.87 Å². The molecule has 0 spiro atoms. The number of fused-ring (bicyclic) bond motifs is 2. The van der Waals surface area contributed by atoms with Crippen LogP contribution in [0, 0.1) is 12.8 Å². The number of ether oxygens (including phenoxy) is 3. The maximum atomic E-state index is 13.9. The molecule has 2 aliphatic heterocycles. The lowest BCUT2D eigenvalue weighted by atomic mass is 9.83. The zero-order chi connectivity index (χ0) is 28.0. The first-order valence-corrected chi connectivity index (χ1v) is 14.4. The Labute approximate surface area is 238 Å². The third-order valence-electron chi connectivity index (χ3n) is 7.35. The number of carbonyl (C=O) groups is 2. The average molecular weight is 575 g/mol. The molecule has 40 heavy (non-hydrogen) atoms. The molecule has 1 N–H and O–H groups in total. The zero-order valence-electron chi connectivity index (χ0n) is 22.0. The van der Waals surface area contributed by atoms with Gasteiger partial charge in [0.1, 0.15) is 17.6 Å². The quantitative estimate of drug-likeness (QED) is 0.306. The smallest absolute Gasteiger partial charge is 0.305 e. The molecule has 1 aromatic heterocycles. The van der Waals surface area contributed by atoms with Crippen LogP contribution in [0.25, 0.3) is 0 Å². The predicted molar refractivity (Wildman–Crippen MR) is 154 cm³/mol. The number of aromatic amines is 1. The number of nitrogens with one attached hydrogen (secondary N) is 1. The van der Waals surface area contributed by atoms with Crippen molar-refractivity contribution in [2.45, 2.75) is 29.7 Å². The van der Waals surface area contributed by atoms with E-state index in [9.17, 15) is 14.4 Å². The van der Waals surface area contributed by atoms with Crippen molar-refractivity contribution in [3.05, 3.63) is 98.0 Å². The highest BCUT2D eigenvalue weighted by molar-refractivity contribution is 8.00. The number of hydrogen-bond donors (Lipinski definition) is 1. The number of aromatic nitrogens is 1. The van der Waals surface area contributed by atoms with Crippen molar-refractivity contribution in [1.29, 1.82) is 0 Å². The fraction of sp³-hybridized carbons (Fsp3) is 0.233. The van der Waals surface area contributed by atoms with E-state index in [1.54, 1.807) is 38.5 Å². The van der Waals surface area contributed by atoms with E-state index in [1.807, 2.05) is 49.4 Å². The van der Waals surface area contributed by atoms with Crippen molar-refractivity contribution in [3.63, 3.8) is 0 Å². The normalized spacial score (nSPS) is 19.8. The molecule has 0 saturated carbocycles. The molecule has 8 nitrogen and oxygen atoms in total. The molecular formula is C30H26N2O6S2. The SMILES string of the molecule is COc1ccc(N2C(=O)[C@H]3[C@H](c4ccc(OCc5ccccc5C)c(OC)c4)c4sc(=O)[nH]c4S[C@H]3C2=O)cc1. The van der Waals surface area contributed by atoms with Gasteiger partial charge in [0.2, 0.25) is 11.8 Å². The number of thiazole rings is 1. The van der Waals surface area contributed by atoms with Gasteiger partial charge in [0.05, 0.1) is 30.9 Å². The van der Waals surface area contributed by atoms with Gasteiger partial charge in [-0.3, -0.25) is 14.4 Å². The molecule has 3 heterocycles. The Morgan fingerprint density at radius 3 is 2.40 bits per heavy atom. The standard InChI is InChI=1S/C30H26N2O6S2/c1-16-6-4-5-7-18(16)15-38-21-13-8-17(14-22(21)37-3)23-24-26(39-27-25(23)40-30(35)31-27)29(34)32(28(24)33)19-9-11-20(36-2)12-10-19/h4-14,23-24,26H,15H2,1-3H3,(H,31,35)/t23-,24-,26+/m0/s1. The van der Waals surface area contributed by atoms with Crippen molar-refractivity contribution in [3.8, 4) is 17.2 Å². The summed E-state index contributed by atoms with van der Waals surface area (Å²) >= 11 is 2.32. The minimum atomic E-state index is -0.693. The van der Waals surface area contributed by atoms with Crippen LogP contribution in [0.15, 0.2) is 76.6 Å². The van der Waals surface area contributed by atoms with Crippen molar-refractivity contribution >= 4 is 40.6 Å². The summed E-state index contributed by atoms with van der Waals surface area (Å²) in [5, 5.41) is -0.0573. The lowest BCUT2D eigenvalue weighted by Crippen LogP contribution is -2.32. The number of H-pyrrole nitrogens is 1. The molecule has 0 aliphatic carbocycles. The lowest BCUT2D eigenvalue weighted by Gasteiger charge is -2.30. The Kier molecular flexibility index (Phi) is 6.89. The van der Waals surface area contributed by atoms with Gasteiger partial charge in [0, 0.05) is 10.8 Å². The van der Waals surface area contributed by atoms with Crippen LogP contribution < -0.4 is 24.0 Å². The van der Waals surface area contributed by atoms with Crippen LogP contribution in [0.5, 0.6) is 17.2 Å². The molecule has 204 valence electrons. The molecule has 2 amide bonds. The summed E-state index contributed by atoms with van der Waals surface area (Å²) in [6.07, 6.45) is 0. The molecule has 0 bridgehead atoms. The zero-order valence-corrected chi connectivity index (χ0v) is 23.6. The second-order valence-electron chi connectivity index (χ2n) is 9.59. The van der Waals surface area contributed by atoms with Gasteiger partial charge in [-0.05, 0) is 60.0 Å². The monoisotopic (exact) mass is 574 g/mol. The number of anilines is 1. The maximum Gasteiger partial charge on any atom is 0.305 e. The number of carbonyl (C=O) groups excluding carboxylic acids is 2. The Hall–Kier alpha value is -4.02. The number of thioether (sulfide) groups is 1. The van der Waals surface area contributed by atoms with Gasteiger partial charge in [0.15, 0.2) is 11.5 Å². The summed E-state index contributed by atoms with van der Waals surface area (Å²) in [6.45, 7) is 2.41. The molecule has 0 radical (unpaired) electrons. The van der Waals surface area contributed by atoms with Gasteiger partial charge in [-0.25, -0.2) is 4.90 Å². The first-order valence-electron chi connectivity index (χ1n) is 12.7. The third kappa shape index (κ3) is 4.47. The largest absolute Gasteiger partial charge is 0.497 e. The molecule has 1 saturated heterocycles. The Balaban J connectivity index is 1.37. The van der Waals surface area contributed by atoms with E-state index < -0.39 is 17.1 Å². The number of rotatable bonds is 7. The minimum absolute atomic E-state index is 0.223. The van der Waals surface area contributed by atoms with Crippen molar-refractivity contribution in [1.82, 2.24) is 4.98 Å². The molecular weight excluding hydrogens is 548 g/mol. The number of imide groups is 1. The first kappa shape index (κ1) is 26.2. The molecule has 1 fully saturated rings. The summed E-state index contributed by atoms with van der Waals surface area (Å²) in [6, 6.07) is 20.4. The van der Waals surface area contributed by atoms with Gasteiger partial charge < -0.3 is 19.2 Å². The van der Waals surface area contributed by atoms with E-state index in [4.69, 9.17) is 14.2 Å². The van der Waals surface area contributed by atoms with E-state index in [0.717, 1.165) is 32.9 Å². The maximum absolute atomic E-state index is 13.9. The summed E-state index contributed by atoms with van der Waals surface area (Å²) in [4.78, 5) is 44.6. The number of amides is 2. The van der Waals surface area contributed by atoms with Gasteiger partial charge in [0.25, 0.3) is 0 Å². The van der Waals surface area contributed by atoms with Crippen LogP contribution in [0.4, 0.5) is 5.69 Å². The molecule has 3 aromatic carbocycles. The molecule has 6 rings (SSSR count). The second kappa shape index (κ2) is 10.5. The van der Waals surface area contributed by atoms with Crippen LogP contribution >= 0.6 is 23.1 Å². The highest BCUT2D eigenvalue weighted by Crippen LogP contribution is 2.53. The highest BCUT2D eigenvalue weighted by Gasteiger charge is 2.56. The van der Waals surface area contributed by atoms with E-state index in [-0.39, 0.29) is 16.7 Å². The van der Waals surface area contributed by atoms with E-state index in [2.05, 4.69) is 4.98 Å². The fourth-order valence-electron chi connectivity index (χ4n) is 5.29. The highest BCUT2D eigenvalue weighted by atomic mass is 32.2. The van der Waals surface area contributed by atoms with Crippen LogP contribution in [0.3, 0.4) is 0 Å². The third-order valence-corrected chi connectivity index (χ3v) is 9.75. The Morgan fingerprint density at radius 1 is 0.900 bits per heavy atom. The molecule has 4 aromatic rings. The van der Waals surface area contributed by atoms with E-state index >= 15 is 0 Å². The topological polar surface area (TPSA) is 97.9 Å². The second-order valence-corrected chi connectivity index (χ2v) is 11.8. The summed E-state index contributed by atoms with van der Waals surface area (Å²) in [5.74, 6) is -0.113. The molecule has 3 atom stereocenters. The number of methoxy groups -OCH3 is 2. The summed E-state index contributed by atoms with van der Waals surface area (Å²) in [5.41, 5.74) is 3.45. The van der Waals surface area contributed by atoms with Crippen LogP contribution in [-0.4, -0.2) is 36.3 Å². The van der Waals surface area contributed by atoms with E-state index in [0.29, 0.717) is 34.6 Å².